The van der Waals surface area contributed by atoms with Crippen LogP contribution in [0.15, 0.2) is 36.4 Å². The van der Waals surface area contributed by atoms with Gasteiger partial charge in [-0.3, -0.25) is 0 Å². The average Bonchev–Trinajstić information content (AvgIpc) is 2.28. The van der Waals surface area contributed by atoms with Gasteiger partial charge in [-0.05, 0) is 36.4 Å². The van der Waals surface area contributed by atoms with Crippen LogP contribution >= 0.6 is 23.2 Å². The van der Waals surface area contributed by atoms with Crippen molar-refractivity contribution in [3.8, 4) is 0 Å². The third kappa shape index (κ3) is 1.51. The molecule has 0 saturated carbocycles. The average molecular weight is 249 g/mol. The van der Waals surface area contributed by atoms with Gasteiger partial charge in [-0.15, -0.1) is 0 Å². The number of benzene rings is 1. The number of hydrogen-bond acceptors (Lipinski definition) is 2. The van der Waals surface area contributed by atoms with E-state index in [2.05, 4.69) is 9.97 Å². The largest absolute Gasteiger partial charge is 0.236 e. The number of halogens is 2. The minimum Gasteiger partial charge on any atom is -0.236 e. The van der Waals surface area contributed by atoms with Crippen molar-refractivity contribution in [2.75, 3.05) is 0 Å². The Labute approximate surface area is 102 Å². The van der Waals surface area contributed by atoms with Gasteiger partial charge in [0.05, 0.1) is 11.0 Å². The summed E-state index contributed by atoms with van der Waals surface area (Å²) in [4.78, 5) is 8.51. The third-order valence-corrected chi connectivity index (χ3v) is 2.89. The third-order valence-electron chi connectivity index (χ3n) is 2.47. The molecule has 0 N–H and O–H groups in total. The summed E-state index contributed by atoms with van der Waals surface area (Å²) in [6, 6.07) is 11.2. The molecule has 3 aromatic rings. The Balaban J connectivity index is 2.50. The molecule has 0 radical (unpaired) electrons. The van der Waals surface area contributed by atoms with Crippen molar-refractivity contribution in [3.63, 3.8) is 0 Å². The molecule has 0 bridgehead atoms. The van der Waals surface area contributed by atoms with E-state index in [0.717, 1.165) is 21.8 Å². The topological polar surface area (TPSA) is 25.8 Å². The Hall–Kier alpha value is -1.38. The number of nitrogens with zero attached hydrogens (tertiary/aromatic N) is 2. The maximum atomic E-state index is 5.85. The molecular weight excluding hydrogens is 243 g/mol. The summed E-state index contributed by atoms with van der Waals surface area (Å²) in [5, 5.41) is 3.06. The standard InChI is InChI=1S/C12H6Cl2N2/c13-11-5-1-7-8-2-6-12(14)16-10(8)4-3-9(7)15-11/h1-6H. The number of fused-ring (bicyclic) bond motifs is 3. The Morgan fingerprint density at radius 2 is 1.06 bits per heavy atom. The molecule has 0 aliphatic carbocycles. The monoisotopic (exact) mass is 248 g/mol. The summed E-state index contributed by atoms with van der Waals surface area (Å²) >= 11 is 11.7. The van der Waals surface area contributed by atoms with E-state index in [1.807, 2.05) is 24.3 Å². The van der Waals surface area contributed by atoms with E-state index in [1.54, 1.807) is 12.1 Å². The van der Waals surface area contributed by atoms with Crippen LogP contribution in [0.3, 0.4) is 0 Å². The van der Waals surface area contributed by atoms with Gasteiger partial charge in [0.1, 0.15) is 10.3 Å². The fraction of sp³-hybridized carbons (Fsp3) is 0. The highest BCUT2D eigenvalue weighted by molar-refractivity contribution is 6.30. The molecule has 0 fully saturated rings. The van der Waals surface area contributed by atoms with Crippen molar-refractivity contribution >= 4 is 45.0 Å². The molecule has 0 spiro atoms. The van der Waals surface area contributed by atoms with Crippen LogP contribution in [0.25, 0.3) is 21.8 Å². The highest BCUT2D eigenvalue weighted by Crippen LogP contribution is 2.25. The molecule has 4 heteroatoms. The van der Waals surface area contributed by atoms with Crippen LogP contribution in [0.4, 0.5) is 0 Å². The lowest BCUT2D eigenvalue weighted by atomic mass is 10.1. The number of rotatable bonds is 0. The first-order valence-electron chi connectivity index (χ1n) is 4.75. The minimum absolute atomic E-state index is 0.494. The number of hydrogen-bond donors (Lipinski definition) is 0. The smallest absolute Gasteiger partial charge is 0.129 e. The van der Waals surface area contributed by atoms with Gasteiger partial charge < -0.3 is 0 Å². The van der Waals surface area contributed by atoms with Gasteiger partial charge in [-0.1, -0.05) is 23.2 Å². The van der Waals surface area contributed by atoms with Crippen molar-refractivity contribution in [2.45, 2.75) is 0 Å². The zero-order valence-corrected chi connectivity index (χ0v) is 9.63. The lowest BCUT2D eigenvalue weighted by Gasteiger charge is -2.03. The molecule has 0 aliphatic rings. The second-order valence-electron chi connectivity index (χ2n) is 3.47. The minimum atomic E-state index is 0.494. The van der Waals surface area contributed by atoms with Crippen molar-refractivity contribution in [1.82, 2.24) is 9.97 Å². The Bertz CT molecular complexity index is 634. The first kappa shape index (κ1) is 9.82. The first-order valence-corrected chi connectivity index (χ1v) is 5.51. The number of aromatic nitrogens is 2. The maximum absolute atomic E-state index is 5.85. The van der Waals surface area contributed by atoms with Gasteiger partial charge in [0.25, 0.3) is 0 Å². The Kier molecular flexibility index (Phi) is 2.20. The second-order valence-corrected chi connectivity index (χ2v) is 4.24. The van der Waals surface area contributed by atoms with Crippen molar-refractivity contribution < 1.29 is 0 Å². The van der Waals surface area contributed by atoms with E-state index in [-0.39, 0.29) is 0 Å². The van der Waals surface area contributed by atoms with Gasteiger partial charge in [0.2, 0.25) is 0 Å². The fourth-order valence-electron chi connectivity index (χ4n) is 1.77. The number of pyridine rings is 2. The maximum Gasteiger partial charge on any atom is 0.129 e. The SMILES string of the molecule is Clc1ccc2c(ccc3nc(Cl)ccc32)n1. The lowest BCUT2D eigenvalue weighted by Crippen LogP contribution is -1.84. The molecule has 1 aromatic carbocycles. The predicted octanol–water partition coefficient (Wildman–Crippen LogP) is 4.09. The van der Waals surface area contributed by atoms with Crippen LogP contribution < -0.4 is 0 Å². The molecule has 0 unspecified atom stereocenters. The van der Waals surface area contributed by atoms with E-state index < -0.39 is 0 Å². The molecule has 2 nitrogen and oxygen atoms in total. The molecular formula is C12H6Cl2N2. The lowest BCUT2D eigenvalue weighted by molar-refractivity contribution is 1.39. The molecule has 3 rings (SSSR count). The van der Waals surface area contributed by atoms with Crippen LogP contribution in [0, 0.1) is 0 Å². The molecule has 0 saturated heterocycles. The summed E-state index contributed by atoms with van der Waals surface area (Å²) in [5.74, 6) is 0. The fourth-order valence-corrected chi connectivity index (χ4v) is 2.08. The van der Waals surface area contributed by atoms with Crippen molar-refractivity contribution in [3.05, 3.63) is 46.7 Å². The summed E-state index contributed by atoms with van der Waals surface area (Å²) in [6.07, 6.45) is 0. The van der Waals surface area contributed by atoms with E-state index >= 15 is 0 Å². The zero-order valence-electron chi connectivity index (χ0n) is 8.11. The summed E-state index contributed by atoms with van der Waals surface area (Å²) in [7, 11) is 0. The van der Waals surface area contributed by atoms with Crippen LogP contribution in [-0.2, 0) is 0 Å². The van der Waals surface area contributed by atoms with Crippen LogP contribution in [0.2, 0.25) is 10.3 Å². The highest BCUT2D eigenvalue weighted by Gasteiger charge is 2.03. The molecule has 2 heterocycles. The first-order chi connectivity index (χ1) is 7.74. The molecule has 0 atom stereocenters. The summed E-state index contributed by atoms with van der Waals surface area (Å²) < 4.78 is 0. The molecule has 0 amide bonds. The van der Waals surface area contributed by atoms with Gasteiger partial charge >= 0.3 is 0 Å². The van der Waals surface area contributed by atoms with Gasteiger partial charge in [0, 0.05) is 10.8 Å². The van der Waals surface area contributed by atoms with Crippen molar-refractivity contribution in [2.24, 2.45) is 0 Å². The normalized spacial score (nSPS) is 11.1. The quantitative estimate of drug-likeness (QED) is 0.443. The van der Waals surface area contributed by atoms with E-state index in [1.165, 1.54) is 0 Å². The molecule has 2 aromatic heterocycles. The predicted molar refractivity (Wildman–Crippen MR) is 67.1 cm³/mol. The van der Waals surface area contributed by atoms with Gasteiger partial charge in [-0.2, -0.15) is 0 Å². The zero-order chi connectivity index (χ0) is 11.1. The summed E-state index contributed by atoms with van der Waals surface area (Å²) in [5.41, 5.74) is 1.73. The Morgan fingerprint density at radius 3 is 1.50 bits per heavy atom. The van der Waals surface area contributed by atoms with E-state index in [4.69, 9.17) is 23.2 Å². The molecule has 0 aliphatic heterocycles. The van der Waals surface area contributed by atoms with Crippen LogP contribution in [0.5, 0.6) is 0 Å². The van der Waals surface area contributed by atoms with E-state index in [0.29, 0.717) is 10.3 Å². The second kappa shape index (κ2) is 3.58. The Morgan fingerprint density at radius 1 is 0.625 bits per heavy atom. The van der Waals surface area contributed by atoms with Crippen LogP contribution in [-0.4, -0.2) is 9.97 Å². The molecule has 78 valence electrons. The van der Waals surface area contributed by atoms with Gasteiger partial charge in [0.15, 0.2) is 0 Å². The highest BCUT2D eigenvalue weighted by atomic mass is 35.5. The van der Waals surface area contributed by atoms with Gasteiger partial charge in [-0.25, -0.2) is 9.97 Å². The molecule has 16 heavy (non-hydrogen) atoms. The van der Waals surface area contributed by atoms with Crippen LogP contribution in [0.1, 0.15) is 0 Å². The summed E-state index contributed by atoms with van der Waals surface area (Å²) in [6.45, 7) is 0. The van der Waals surface area contributed by atoms with E-state index in [9.17, 15) is 0 Å². The van der Waals surface area contributed by atoms with Crippen molar-refractivity contribution in [1.29, 1.82) is 0 Å².